The maximum atomic E-state index is 12.5. The topological polar surface area (TPSA) is 58.2 Å². The number of carbonyl (C=O) groups excluding carboxylic acids is 2. The van der Waals surface area contributed by atoms with Gasteiger partial charge in [0.25, 0.3) is 0 Å². The molecule has 0 saturated heterocycles. The Bertz CT molecular complexity index is 505. The molecule has 1 rings (SSSR count). The predicted molar refractivity (Wildman–Crippen MR) is 93.0 cm³/mol. The van der Waals surface area contributed by atoms with Gasteiger partial charge in [0.1, 0.15) is 6.04 Å². The molecule has 2 amide bonds. The van der Waals surface area contributed by atoms with E-state index in [9.17, 15) is 9.59 Å². The zero-order valence-corrected chi connectivity index (χ0v) is 14.6. The molecule has 4 nitrogen and oxygen atoms in total. The average molecular weight is 322 g/mol. The van der Waals surface area contributed by atoms with Crippen molar-refractivity contribution in [2.45, 2.75) is 45.7 Å². The highest BCUT2D eigenvalue weighted by molar-refractivity contribution is 7.98. The van der Waals surface area contributed by atoms with Gasteiger partial charge in [-0.2, -0.15) is 11.8 Å². The Morgan fingerprint density at radius 1 is 1.23 bits per heavy atom. The highest BCUT2D eigenvalue weighted by atomic mass is 32.2. The van der Waals surface area contributed by atoms with Gasteiger partial charge >= 0.3 is 0 Å². The lowest BCUT2D eigenvalue weighted by atomic mass is 10.0. The Hall–Kier alpha value is -1.49. The highest BCUT2D eigenvalue weighted by Gasteiger charge is 2.22. The number of amides is 2. The maximum absolute atomic E-state index is 12.5. The van der Waals surface area contributed by atoms with Gasteiger partial charge in [-0.1, -0.05) is 31.2 Å². The number of carbonyl (C=O) groups is 2. The van der Waals surface area contributed by atoms with Crippen molar-refractivity contribution in [3.63, 3.8) is 0 Å². The van der Waals surface area contributed by atoms with Crippen LogP contribution in [0.15, 0.2) is 24.3 Å². The van der Waals surface area contributed by atoms with Crippen molar-refractivity contribution in [2.75, 3.05) is 12.0 Å². The van der Waals surface area contributed by atoms with Crippen LogP contribution in [0.3, 0.4) is 0 Å². The number of thioether (sulfide) groups is 1. The summed E-state index contributed by atoms with van der Waals surface area (Å²) in [5.41, 5.74) is 2.25. The Balaban J connectivity index is 2.72. The molecular weight excluding hydrogens is 296 g/mol. The fourth-order valence-corrected chi connectivity index (χ4v) is 2.74. The number of hydrogen-bond acceptors (Lipinski definition) is 3. The van der Waals surface area contributed by atoms with Gasteiger partial charge in [0.05, 0.1) is 6.04 Å². The summed E-state index contributed by atoms with van der Waals surface area (Å²) in [7, 11) is 0. The molecular formula is C17H26N2O2S. The molecule has 5 heteroatoms. The summed E-state index contributed by atoms with van der Waals surface area (Å²) < 4.78 is 0. The molecule has 0 heterocycles. The summed E-state index contributed by atoms with van der Waals surface area (Å²) >= 11 is 1.67. The van der Waals surface area contributed by atoms with Crippen LogP contribution in [0.4, 0.5) is 0 Å². The zero-order valence-electron chi connectivity index (χ0n) is 13.8. The smallest absolute Gasteiger partial charge is 0.243 e. The van der Waals surface area contributed by atoms with E-state index < -0.39 is 6.04 Å². The van der Waals surface area contributed by atoms with E-state index >= 15 is 0 Å². The SMILES string of the molecule is CCC(=O)N[C@@H](CCSC)C(=O)N[C@@H](C)c1ccccc1C. The lowest BCUT2D eigenvalue weighted by Crippen LogP contribution is -2.47. The number of hydrogen-bond donors (Lipinski definition) is 2. The first kappa shape index (κ1) is 18.6. The molecule has 22 heavy (non-hydrogen) atoms. The first-order chi connectivity index (χ1) is 10.5. The Labute approximate surface area is 137 Å². The fourth-order valence-electron chi connectivity index (χ4n) is 2.27. The van der Waals surface area contributed by atoms with Crippen molar-refractivity contribution in [2.24, 2.45) is 0 Å². The summed E-state index contributed by atoms with van der Waals surface area (Å²) in [6.07, 6.45) is 3.02. The van der Waals surface area contributed by atoms with Crippen LogP contribution in [-0.2, 0) is 9.59 Å². The molecule has 1 aromatic carbocycles. The summed E-state index contributed by atoms with van der Waals surface area (Å²) in [5.74, 6) is 0.622. The van der Waals surface area contributed by atoms with Crippen molar-refractivity contribution in [3.8, 4) is 0 Å². The number of benzene rings is 1. The molecule has 122 valence electrons. The van der Waals surface area contributed by atoms with Crippen LogP contribution in [0.1, 0.15) is 43.9 Å². The summed E-state index contributed by atoms with van der Waals surface area (Å²) in [4.78, 5) is 24.1. The second-order valence-electron chi connectivity index (χ2n) is 5.34. The van der Waals surface area contributed by atoms with Gasteiger partial charge in [0, 0.05) is 6.42 Å². The molecule has 0 unspecified atom stereocenters. The first-order valence-corrected chi connectivity index (χ1v) is 9.03. The van der Waals surface area contributed by atoms with Crippen LogP contribution in [-0.4, -0.2) is 29.9 Å². The molecule has 2 atom stereocenters. The quantitative estimate of drug-likeness (QED) is 0.774. The molecule has 0 aliphatic heterocycles. The molecule has 0 spiro atoms. The minimum absolute atomic E-state index is 0.0796. The van der Waals surface area contributed by atoms with Crippen molar-refractivity contribution in [1.29, 1.82) is 0 Å². The van der Waals surface area contributed by atoms with Crippen LogP contribution >= 0.6 is 11.8 Å². The minimum atomic E-state index is -0.466. The monoisotopic (exact) mass is 322 g/mol. The minimum Gasteiger partial charge on any atom is -0.348 e. The van der Waals surface area contributed by atoms with Crippen LogP contribution in [0.25, 0.3) is 0 Å². The van der Waals surface area contributed by atoms with E-state index in [1.54, 1.807) is 18.7 Å². The van der Waals surface area contributed by atoms with Gasteiger partial charge in [-0.3, -0.25) is 9.59 Å². The molecule has 0 aliphatic carbocycles. The van der Waals surface area contributed by atoms with Gasteiger partial charge in [0.15, 0.2) is 0 Å². The summed E-state index contributed by atoms with van der Waals surface area (Å²) in [6.45, 7) is 5.78. The maximum Gasteiger partial charge on any atom is 0.243 e. The Kier molecular flexibility index (Phi) is 8.02. The second kappa shape index (κ2) is 9.51. The molecule has 0 bridgehead atoms. The average Bonchev–Trinajstić information content (AvgIpc) is 2.51. The fraction of sp³-hybridized carbons (Fsp3) is 0.529. The Morgan fingerprint density at radius 3 is 2.50 bits per heavy atom. The van der Waals surface area contributed by atoms with Crippen molar-refractivity contribution in [1.82, 2.24) is 10.6 Å². The molecule has 0 aliphatic rings. The van der Waals surface area contributed by atoms with Crippen LogP contribution in [0.5, 0.6) is 0 Å². The lowest BCUT2D eigenvalue weighted by Gasteiger charge is -2.22. The predicted octanol–water partition coefficient (Wildman–Crippen LogP) is 2.82. The standard InChI is InChI=1S/C17H26N2O2S/c1-5-16(20)19-15(10-11-22-4)17(21)18-13(3)14-9-7-6-8-12(14)2/h6-9,13,15H,5,10-11H2,1-4H3,(H,18,21)(H,19,20)/t13-,15-/m0/s1. The third-order valence-electron chi connectivity index (χ3n) is 3.60. The summed E-state index contributed by atoms with van der Waals surface area (Å²) in [5, 5.41) is 5.82. The molecule has 2 N–H and O–H groups in total. The molecule has 0 fully saturated rings. The molecule has 1 aromatic rings. The van der Waals surface area contributed by atoms with Crippen molar-refractivity contribution >= 4 is 23.6 Å². The van der Waals surface area contributed by atoms with E-state index in [0.717, 1.165) is 16.9 Å². The number of aryl methyl sites for hydroxylation is 1. The zero-order chi connectivity index (χ0) is 16.5. The van der Waals surface area contributed by atoms with Crippen LogP contribution < -0.4 is 10.6 Å². The third kappa shape index (κ3) is 5.72. The van der Waals surface area contributed by atoms with E-state index in [1.807, 2.05) is 44.4 Å². The Morgan fingerprint density at radius 2 is 1.91 bits per heavy atom. The normalized spacial score (nSPS) is 13.3. The molecule has 0 aromatic heterocycles. The highest BCUT2D eigenvalue weighted by Crippen LogP contribution is 2.17. The summed E-state index contributed by atoms with van der Waals surface area (Å²) in [6, 6.07) is 7.45. The molecule has 0 saturated carbocycles. The van der Waals surface area contributed by atoms with Crippen molar-refractivity contribution in [3.05, 3.63) is 35.4 Å². The van der Waals surface area contributed by atoms with Gasteiger partial charge in [0.2, 0.25) is 11.8 Å². The molecule has 0 radical (unpaired) electrons. The number of rotatable bonds is 8. The second-order valence-corrected chi connectivity index (χ2v) is 6.33. The third-order valence-corrected chi connectivity index (χ3v) is 4.24. The van der Waals surface area contributed by atoms with Crippen molar-refractivity contribution < 1.29 is 9.59 Å². The van der Waals surface area contributed by atoms with E-state index in [1.165, 1.54) is 0 Å². The van der Waals surface area contributed by atoms with E-state index in [2.05, 4.69) is 10.6 Å². The van der Waals surface area contributed by atoms with Gasteiger partial charge in [-0.15, -0.1) is 0 Å². The first-order valence-electron chi connectivity index (χ1n) is 7.63. The van der Waals surface area contributed by atoms with Crippen LogP contribution in [0.2, 0.25) is 0 Å². The van der Waals surface area contributed by atoms with Crippen LogP contribution in [0, 0.1) is 6.92 Å². The van der Waals surface area contributed by atoms with Gasteiger partial charge in [-0.05, 0) is 43.4 Å². The van der Waals surface area contributed by atoms with E-state index in [-0.39, 0.29) is 17.9 Å². The lowest BCUT2D eigenvalue weighted by molar-refractivity contribution is -0.129. The van der Waals surface area contributed by atoms with Gasteiger partial charge < -0.3 is 10.6 Å². The number of nitrogens with one attached hydrogen (secondary N) is 2. The van der Waals surface area contributed by atoms with Gasteiger partial charge in [-0.25, -0.2) is 0 Å². The van der Waals surface area contributed by atoms with E-state index in [4.69, 9.17) is 0 Å². The van der Waals surface area contributed by atoms with E-state index in [0.29, 0.717) is 12.8 Å². The largest absolute Gasteiger partial charge is 0.348 e.